The Balaban J connectivity index is 2.83. The number of rotatable bonds is 3. The fourth-order valence-corrected chi connectivity index (χ4v) is 1.13. The van der Waals surface area contributed by atoms with Gasteiger partial charge in [0, 0.05) is 11.7 Å². The number of nitrogens with zero attached hydrogens (tertiary/aromatic N) is 1. The molecule has 0 bridgehead atoms. The molecule has 0 unspecified atom stereocenters. The summed E-state index contributed by atoms with van der Waals surface area (Å²) in [6, 6.07) is 4.16. The smallest absolute Gasteiger partial charge is 0.126 e. The summed E-state index contributed by atoms with van der Waals surface area (Å²) < 4.78 is 0. The molecule has 2 N–H and O–H groups in total. The Hall–Kier alpha value is -1.09. The number of aliphatic hydroxyl groups is 1. The van der Waals surface area contributed by atoms with E-state index >= 15 is 0 Å². The van der Waals surface area contributed by atoms with Crippen LogP contribution in [0.25, 0.3) is 0 Å². The highest BCUT2D eigenvalue weighted by Gasteiger charge is 2.00. The molecule has 0 aliphatic heterocycles. The fourth-order valence-electron chi connectivity index (χ4n) is 1.13. The first kappa shape index (κ1) is 9.99. The SMILES string of the molecule is Cc1nc(NC(C)C)ccc1CO. The summed E-state index contributed by atoms with van der Waals surface area (Å²) in [4.78, 5) is 4.31. The van der Waals surface area contributed by atoms with Gasteiger partial charge in [0.2, 0.25) is 0 Å². The highest BCUT2D eigenvalue weighted by atomic mass is 16.3. The van der Waals surface area contributed by atoms with E-state index in [0.29, 0.717) is 6.04 Å². The summed E-state index contributed by atoms with van der Waals surface area (Å²) in [5.74, 6) is 0.865. The molecule has 0 fully saturated rings. The maximum Gasteiger partial charge on any atom is 0.126 e. The molecule has 0 aromatic carbocycles. The molecular weight excluding hydrogens is 164 g/mol. The minimum atomic E-state index is 0.0563. The molecule has 1 heterocycles. The van der Waals surface area contributed by atoms with E-state index in [-0.39, 0.29) is 6.61 Å². The average molecular weight is 180 g/mol. The zero-order valence-corrected chi connectivity index (χ0v) is 8.33. The Labute approximate surface area is 78.8 Å². The standard InChI is InChI=1S/C10H16N2O/c1-7(2)11-10-5-4-9(6-13)8(3)12-10/h4-5,7,13H,6H2,1-3H3,(H,11,12). The van der Waals surface area contributed by atoms with Crippen molar-refractivity contribution in [1.82, 2.24) is 4.98 Å². The first-order valence-electron chi connectivity index (χ1n) is 4.47. The summed E-state index contributed by atoms with van der Waals surface area (Å²) in [5.41, 5.74) is 1.77. The van der Waals surface area contributed by atoms with Gasteiger partial charge in [0.05, 0.1) is 6.61 Å². The molecule has 0 saturated carbocycles. The van der Waals surface area contributed by atoms with Crippen molar-refractivity contribution in [2.45, 2.75) is 33.4 Å². The lowest BCUT2D eigenvalue weighted by atomic mass is 10.2. The molecule has 1 aromatic heterocycles. The second kappa shape index (κ2) is 4.23. The van der Waals surface area contributed by atoms with Crippen LogP contribution in [0.3, 0.4) is 0 Å². The van der Waals surface area contributed by atoms with Crippen molar-refractivity contribution in [3.05, 3.63) is 23.4 Å². The second-order valence-electron chi connectivity index (χ2n) is 3.40. The predicted octanol–water partition coefficient (Wildman–Crippen LogP) is 1.70. The predicted molar refractivity (Wildman–Crippen MR) is 53.7 cm³/mol. The number of nitrogens with one attached hydrogen (secondary N) is 1. The van der Waals surface area contributed by atoms with Crippen molar-refractivity contribution in [3.8, 4) is 0 Å². The van der Waals surface area contributed by atoms with Gasteiger partial charge in [-0.15, -0.1) is 0 Å². The molecule has 0 amide bonds. The van der Waals surface area contributed by atoms with Gasteiger partial charge in [-0.2, -0.15) is 0 Å². The number of hydrogen-bond donors (Lipinski definition) is 2. The minimum Gasteiger partial charge on any atom is -0.392 e. The lowest BCUT2D eigenvalue weighted by Crippen LogP contribution is -2.11. The van der Waals surface area contributed by atoms with Crippen LogP contribution in [-0.2, 0) is 6.61 Å². The molecule has 3 heteroatoms. The molecule has 0 aliphatic rings. The number of pyridine rings is 1. The van der Waals surface area contributed by atoms with Crippen LogP contribution >= 0.6 is 0 Å². The highest BCUT2D eigenvalue weighted by Crippen LogP contribution is 2.10. The van der Waals surface area contributed by atoms with Gasteiger partial charge in [0.25, 0.3) is 0 Å². The molecule has 0 spiro atoms. The second-order valence-corrected chi connectivity index (χ2v) is 3.40. The van der Waals surface area contributed by atoms with Crippen molar-refractivity contribution in [2.24, 2.45) is 0 Å². The van der Waals surface area contributed by atoms with Crippen molar-refractivity contribution < 1.29 is 5.11 Å². The molecule has 13 heavy (non-hydrogen) atoms. The Morgan fingerprint density at radius 2 is 2.15 bits per heavy atom. The third-order valence-electron chi connectivity index (χ3n) is 1.80. The lowest BCUT2D eigenvalue weighted by Gasteiger charge is -2.10. The molecule has 0 atom stereocenters. The van der Waals surface area contributed by atoms with Gasteiger partial charge in [-0.05, 0) is 32.4 Å². The van der Waals surface area contributed by atoms with Crippen LogP contribution in [0.2, 0.25) is 0 Å². The lowest BCUT2D eigenvalue weighted by molar-refractivity contribution is 0.280. The molecule has 72 valence electrons. The number of aromatic nitrogens is 1. The van der Waals surface area contributed by atoms with Crippen LogP contribution in [0.5, 0.6) is 0 Å². The van der Waals surface area contributed by atoms with E-state index < -0.39 is 0 Å². The number of aliphatic hydroxyl groups excluding tert-OH is 1. The molecular formula is C10H16N2O. The van der Waals surface area contributed by atoms with Gasteiger partial charge in [0.15, 0.2) is 0 Å². The van der Waals surface area contributed by atoms with Crippen LogP contribution < -0.4 is 5.32 Å². The van der Waals surface area contributed by atoms with E-state index in [4.69, 9.17) is 5.11 Å². The maximum absolute atomic E-state index is 8.93. The third kappa shape index (κ3) is 2.70. The first-order chi connectivity index (χ1) is 6.13. The molecule has 1 aromatic rings. The van der Waals surface area contributed by atoms with Gasteiger partial charge >= 0.3 is 0 Å². The van der Waals surface area contributed by atoms with Gasteiger partial charge < -0.3 is 10.4 Å². The van der Waals surface area contributed by atoms with Gasteiger partial charge in [-0.3, -0.25) is 0 Å². The summed E-state index contributed by atoms with van der Waals surface area (Å²) in [6.07, 6.45) is 0. The number of hydrogen-bond acceptors (Lipinski definition) is 3. The van der Waals surface area contributed by atoms with Gasteiger partial charge in [-0.1, -0.05) is 6.07 Å². The van der Waals surface area contributed by atoms with Crippen LogP contribution in [0.15, 0.2) is 12.1 Å². The average Bonchev–Trinajstić information content (AvgIpc) is 2.03. The van der Waals surface area contributed by atoms with Gasteiger partial charge in [-0.25, -0.2) is 4.98 Å². The van der Waals surface area contributed by atoms with E-state index in [1.54, 1.807) is 0 Å². The quantitative estimate of drug-likeness (QED) is 0.744. The van der Waals surface area contributed by atoms with E-state index in [0.717, 1.165) is 17.1 Å². The van der Waals surface area contributed by atoms with Crippen LogP contribution in [0.4, 0.5) is 5.82 Å². The Bertz CT molecular complexity index is 284. The summed E-state index contributed by atoms with van der Waals surface area (Å²) in [5, 5.41) is 12.1. The topological polar surface area (TPSA) is 45.2 Å². The van der Waals surface area contributed by atoms with E-state index in [1.165, 1.54) is 0 Å². The van der Waals surface area contributed by atoms with Crippen LogP contribution in [-0.4, -0.2) is 16.1 Å². The van der Waals surface area contributed by atoms with Crippen molar-refractivity contribution in [3.63, 3.8) is 0 Å². The Morgan fingerprint density at radius 3 is 2.62 bits per heavy atom. The Kier molecular flexibility index (Phi) is 3.25. The fraction of sp³-hybridized carbons (Fsp3) is 0.500. The largest absolute Gasteiger partial charge is 0.392 e. The molecule has 1 rings (SSSR count). The summed E-state index contributed by atoms with van der Waals surface area (Å²) in [7, 11) is 0. The van der Waals surface area contributed by atoms with Crippen molar-refractivity contribution in [1.29, 1.82) is 0 Å². The monoisotopic (exact) mass is 180 g/mol. The Morgan fingerprint density at radius 1 is 1.46 bits per heavy atom. The zero-order valence-electron chi connectivity index (χ0n) is 8.33. The van der Waals surface area contributed by atoms with Crippen molar-refractivity contribution in [2.75, 3.05) is 5.32 Å². The maximum atomic E-state index is 8.93. The summed E-state index contributed by atoms with van der Waals surface area (Å²) >= 11 is 0. The third-order valence-corrected chi connectivity index (χ3v) is 1.80. The number of anilines is 1. The van der Waals surface area contributed by atoms with Crippen LogP contribution in [0.1, 0.15) is 25.1 Å². The van der Waals surface area contributed by atoms with E-state index in [1.807, 2.05) is 19.1 Å². The highest BCUT2D eigenvalue weighted by molar-refractivity contribution is 5.38. The zero-order chi connectivity index (χ0) is 9.84. The molecule has 0 aliphatic carbocycles. The normalized spacial score (nSPS) is 10.5. The molecule has 0 radical (unpaired) electrons. The van der Waals surface area contributed by atoms with E-state index in [2.05, 4.69) is 24.1 Å². The van der Waals surface area contributed by atoms with E-state index in [9.17, 15) is 0 Å². The summed E-state index contributed by atoms with van der Waals surface area (Å²) in [6.45, 7) is 6.09. The van der Waals surface area contributed by atoms with Crippen LogP contribution in [0, 0.1) is 6.92 Å². The van der Waals surface area contributed by atoms with Crippen molar-refractivity contribution >= 4 is 5.82 Å². The molecule has 3 nitrogen and oxygen atoms in total. The number of aryl methyl sites for hydroxylation is 1. The van der Waals surface area contributed by atoms with Gasteiger partial charge in [0.1, 0.15) is 5.82 Å². The minimum absolute atomic E-state index is 0.0563. The molecule has 0 saturated heterocycles. The first-order valence-corrected chi connectivity index (χ1v) is 4.47.